The molecule has 0 spiro atoms. The van der Waals surface area contributed by atoms with E-state index in [4.69, 9.17) is 11.6 Å². The van der Waals surface area contributed by atoms with E-state index < -0.39 is 26.7 Å². The molecule has 0 bridgehead atoms. The van der Waals surface area contributed by atoms with Crippen LogP contribution in [-0.2, 0) is 16.4 Å². The van der Waals surface area contributed by atoms with Gasteiger partial charge in [-0.2, -0.15) is 0 Å². The highest BCUT2D eigenvalue weighted by molar-refractivity contribution is 7.91. The van der Waals surface area contributed by atoms with Gasteiger partial charge in [0.25, 0.3) is 0 Å². The van der Waals surface area contributed by atoms with Gasteiger partial charge in [0.1, 0.15) is 16.9 Å². The van der Waals surface area contributed by atoms with Crippen LogP contribution >= 0.6 is 11.6 Å². The number of hydrogen-bond acceptors (Lipinski definition) is 5. The van der Waals surface area contributed by atoms with Gasteiger partial charge in [0.2, 0.25) is 0 Å². The topological polar surface area (TPSA) is 62.3 Å². The first kappa shape index (κ1) is 24.8. The van der Waals surface area contributed by atoms with Gasteiger partial charge in [-0.05, 0) is 68.2 Å². The zero-order valence-electron chi connectivity index (χ0n) is 18.2. The molecule has 2 aromatic carbocycles. The van der Waals surface area contributed by atoms with Crippen molar-refractivity contribution in [3.8, 4) is 0 Å². The summed E-state index contributed by atoms with van der Waals surface area (Å²) >= 11 is 5.89. The third-order valence-corrected chi connectivity index (χ3v) is 7.16. The Balaban J connectivity index is 1.99. The van der Waals surface area contributed by atoms with Gasteiger partial charge in [-0.1, -0.05) is 24.2 Å². The predicted molar refractivity (Wildman–Crippen MR) is 126 cm³/mol. The Hall–Kier alpha value is -2.81. The van der Waals surface area contributed by atoms with Crippen LogP contribution in [0.5, 0.6) is 0 Å². The Morgan fingerprint density at radius 2 is 1.82 bits per heavy atom. The van der Waals surface area contributed by atoms with Gasteiger partial charge in [0.15, 0.2) is 9.84 Å². The zero-order valence-corrected chi connectivity index (χ0v) is 19.8. The van der Waals surface area contributed by atoms with Crippen LogP contribution in [0, 0.1) is 11.6 Å². The molecule has 3 aromatic rings. The van der Waals surface area contributed by atoms with Gasteiger partial charge in [-0.15, -0.1) is 0 Å². The number of benzene rings is 2. The molecule has 0 amide bonds. The Labute approximate surface area is 197 Å². The molecule has 9 heteroatoms. The molecule has 1 atom stereocenters. The Morgan fingerprint density at radius 1 is 1.12 bits per heavy atom. The number of halogens is 3. The molecule has 0 fully saturated rings. The summed E-state index contributed by atoms with van der Waals surface area (Å²) in [4.78, 5) is 6.19. The van der Waals surface area contributed by atoms with Crippen molar-refractivity contribution in [2.45, 2.75) is 16.7 Å². The van der Waals surface area contributed by atoms with Gasteiger partial charge in [0.05, 0.1) is 10.6 Å². The van der Waals surface area contributed by atoms with Crippen LogP contribution in [0.15, 0.2) is 78.0 Å². The first-order valence-corrected chi connectivity index (χ1v) is 12.0. The summed E-state index contributed by atoms with van der Waals surface area (Å²) in [6.45, 7) is 5.04. The van der Waals surface area contributed by atoms with Crippen molar-refractivity contribution in [3.05, 3.63) is 107 Å². The van der Waals surface area contributed by atoms with E-state index in [-0.39, 0.29) is 16.2 Å². The van der Waals surface area contributed by atoms with Crippen molar-refractivity contribution in [1.82, 2.24) is 15.2 Å². The van der Waals surface area contributed by atoms with E-state index in [0.29, 0.717) is 18.1 Å². The van der Waals surface area contributed by atoms with Gasteiger partial charge < -0.3 is 10.2 Å². The Bertz CT molecular complexity index is 1230. The minimum absolute atomic E-state index is 0.0744. The summed E-state index contributed by atoms with van der Waals surface area (Å²) in [7, 11) is -0.325. The number of nitrogens with zero attached hydrogens (tertiary/aromatic N) is 2. The number of pyridine rings is 1. The predicted octanol–water partition coefficient (Wildman–Crippen LogP) is 4.74. The van der Waals surface area contributed by atoms with Crippen LogP contribution < -0.4 is 5.32 Å². The molecule has 1 aromatic heterocycles. The molecule has 1 unspecified atom stereocenters. The summed E-state index contributed by atoms with van der Waals surface area (Å²) in [5.74, 6) is -1.59. The van der Waals surface area contributed by atoms with Crippen molar-refractivity contribution < 1.29 is 17.2 Å². The maximum absolute atomic E-state index is 14.7. The fraction of sp³-hybridized carbons (Fsp3) is 0.208. The smallest absolute Gasteiger partial charge is 0.191 e. The molecular weight excluding hydrogens is 468 g/mol. The molecule has 3 rings (SSSR count). The average Bonchev–Trinajstić information content (AvgIpc) is 2.75. The number of nitrogens with one attached hydrogen (secondary N) is 1. The molecule has 0 saturated carbocycles. The summed E-state index contributed by atoms with van der Waals surface area (Å²) in [6, 6.07) is 11.4. The van der Waals surface area contributed by atoms with Crippen molar-refractivity contribution in [2.75, 3.05) is 20.6 Å². The Kier molecular flexibility index (Phi) is 7.84. The van der Waals surface area contributed by atoms with Crippen LogP contribution in [0.2, 0.25) is 5.02 Å². The second-order valence-corrected chi connectivity index (χ2v) is 10.3. The van der Waals surface area contributed by atoms with Gasteiger partial charge in [-0.25, -0.2) is 17.2 Å². The fourth-order valence-corrected chi connectivity index (χ4v) is 5.21. The van der Waals surface area contributed by atoms with Crippen molar-refractivity contribution in [2.24, 2.45) is 0 Å². The summed E-state index contributed by atoms with van der Waals surface area (Å²) in [5.41, 5.74) is 1.35. The molecular formula is C24H24ClF2N3O2S. The van der Waals surface area contributed by atoms with E-state index in [1.54, 1.807) is 6.07 Å². The monoisotopic (exact) mass is 491 g/mol. The lowest BCUT2D eigenvalue weighted by atomic mass is 10.1. The highest BCUT2D eigenvalue weighted by Crippen LogP contribution is 2.36. The molecule has 174 valence electrons. The molecule has 33 heavy (non-hydrogen) atoms. The molecule has 1 N–H and O–H groups in total. The Morgan fingerprint density at radius 3 is 2.42 bits per heavy atom. The lowest BCUT2D eigenvalue weighted by Gasteiger charge is -2.19. The number of likely N-dealkylation sites (N-methyl/N-ethyl adjacent to an activating group) is 1. The van der Waals surface area contributed by atoms with E-state index in [0.717, 1.165) is 29.5 Å². The number of aromatic nitrogens is 1. The van der Waals surface area contributed by atoms with E-state index in [9.17, 15) is 17.2 Å². The second-order valence-electron chi connectivity index (χ2n) is 7.83. The van der Waals surface area contributed by atoms with Gasteiger partial charge >= 0.3 is 0 Å². The number of hydrogen-bond donors (Lipinski definition) is 1. The molecule has 5 nitrogen and oxygen atoms in total. The number of rotatable bonds is 9. The maximum Gasteiger partial charge on any atom is 0.191 e. The molecule has 1 heterocycles. The van der Waals surface area contributed by atoms with Crippen LogP contribution in [-0.4, -0.2) is 38.9 Å². The van der Waals surface area contributed by atoms with Crippen LogP contribution in [0.1, 0.15) is 22.1 Å². The molecule has 0 saturated heterocycles. The lowest BCUT2D eigenvalue weighted by Crippen LogP contribution is -2.23. The third-order valence-electron chi connectivity index (χ3n) is 4.86. The largest absolute Gasteiger partial charge is 0.384 e. The van der Waals surface area contributed by atoms with Crippen LogP contribution in [0.25, 0.3) is 0 Å². The number of sulfone groups is 1. The van der Waals surface area contributed by atoms with E-state index in [2.05, 4.69) is 16.9 Å². The van der Waals surface area contributed by atoms with E-state index in [1.165, 1.54) is 36.5 Å². The summed E-state index contributed by atoms with van der Waals surface area (Å²) in [5, 5.41) is 1.99. The molecule has 0 aliphatic rings. The van der Waals surface area contributed by atoms with Gasteiger partial charge in [-0.3, -0.25) is 4.98 Å². The first-order chi connectivity index (χ1) is 15.6. The molecule has 0 radical (unpaired) electrons. The lowest BCUT2D eigenvalue weighted by molar-refractivity contribution is 0.432. The fourth-order valence-electron chi connectivity index (χ4n) is 3.32. The summed E-state index contributed by atoms with van der Waals surface area (Å²) in [6.07, 6.45) is 1.51. The highest BCUT2D eigenvalue weighted by atomic mass is 35.5. The van der Waals surface area contributed by atoms with Crippen molar-refractivity contribution in [1.29, 1.82) is 0 Å². The molecule has 0 aliphatic heterocycles. The van der Waals surface area contributed by atoms with Crippen LogP contribution in [0.4, 0.5) is 8.78 Å². The van der Waals surface area contributed by atoms with Crippen LogP contribution in [0.3, 0.4) is 0 Å². The third kappa shape index (κ3) is 6.16. The standard InChI is InChI=1S/C24H24ClF2N3O2S/c1-16(15-30(2)3)28-13-17-4-11-23(29-14-17)24(21-12-19(26)7-10-22(21)27)33(31,32)20-8-5-18(25)6-9-20/h4-12,14,24,28H,1,13,15H2,2-3H3. The highest BCUT2D eigenvalue weighted by Gasteiger charge is 2.34. The SMILES string of the molecule is C=C(CN(C)C)NCc1ccc(C(c2cc(F)ccc2F)S(=O)(=O)c2ccc(Cl)cc2)nc1. The minimum atomic E-state index is -4.18. The van der Waals surface area contributed by atoms with E-state index in [1.807, 2.05) is 19.0 Å². The second kappa shape index (κ2) is 10.4. The average molecular weight is 492 g/mol. The quantitative estimate of drug-likeness (QED) is 0.468. The van der Waals surface area contributed by atoms with Crippen molar-refractivity contribution in [3.63, 3.8) is 0 Å². The maximum atomic E-state index is 14.7. The molecule has 0 aliphatic carbocycles. The zero-order chi connectivity index (χ0) is 24.2. The van der Waals surface area contributed by atoms with Gasteiger partial charge in [0, 0.05) is 35.6 Å². The first-order valence-electron chi connectivity index (χ1n) is 10.0. The van der Waals surface area contributed by atoms with Crippen molar-refractivity contribution >= 4 is 21.4 Å². The minimum Gasteiger partial charge on any atom is -0.384 e. The normalized spacial score (nSPS) is 12.5. The van der Waals surface area contributed by atoms with E-state index >= 15 is 0 Å². The summed E-state index contributed by atoms with van der Waals surface area (Å²) < 4.78 is 55.7.